The predicted molar refractivity (Wildman–Crippen MR) is 64.4 cm³/mol. The Morgan fingerprint density at radius 1 is 1.44 bits per heavy atom. The molecule has 0 amide bonds. The highest BCUT2D eigenvalue weighted by Gasteiger charge is 2.15. The summed E-state index contributed by atoms with van der Waals surface area (Å²) in [7, 11) is 1.92. The third kappa shape index (κ3) is 3.20. The minimum absolute atomic E-state index is 0.0693. The fraction of sp³-hybridized carbons (Fsp3) is 0.538. The summed E-state index contributed by atoms with van der Waals surface area (Å²) in [6.45, 7) is 5.86. The average Bonchev–Trinajstić information content (AvgIpc) is 2.25. The predicted octanol–water partition coefficient (Wildman–Crippen LogP) is 2.90. The SMILES string of the molecule is CCC(NC)C(C)Oc1ccc(F)c(C)c1. The van der Waals surface area contributed by atoms with Crippen LogP contribution in [0.2, 0.25) is 0 Å². The second-order valence-corrected chi connectivity index (χ2v) is 4.04. The third-order valence-corrected chi connectivity index (χ3v) is 2.83. The maximum absolute atomic E-state index is 13.1. The molecule has 2 unspecified atom stereocenters. The summed E-state index contributed by atoms with van der Waals surface area (Å²) in [5.41, 5.74) is 0.613. The Bertz CT molecular complexity index is 337. The van der Waals surface area contributed by atoms with Crippen LogP contribution in [0.5, 0.6) is 5.75 Å². The number of benzene rings is 1. The minimum atomic E-state index is -0.194. The molecule has 1 rings (SSSR count). The Morgan fingerprint density at radius 2 is 2.12 bits per heavy atom. The lowest BCUT2D eigenvalue weighted by Gasteiger charge is -2.23. The number of nitrogens with one attached hydrogen (secondary N) is 1. The van der Waals surface area contributed by atoms with Gasteiger partial charge in [-0.25, -0.2) is 4.39 Å². The number of hydrogen-bond donors (Lipinski definition) is 1. The van der Waals surface area contributed by atoms with Crippen molar-refractivity contribution >= 4 is 0 Å². The van der Waals surface area contributed by atoms with Gasteiger partial charge >= 0.3 is 0 Å². The zero-order chi connectivity index (χ0) is 12.1. The van der Waals surface area contributed by atoms with E-state index in [0.29, 0.717) is 11.6 Å². The fourth-order valence-corrected chi connectivity index (χ4v) is 1.76. The Hall–Kier alpha value is -1.09. The highest BCUT2D eigenvalue weighted by molar-refractivity contribution is 5.29. The van der Waals surface area contributed by atoms with Crippen LogP contribution in [0.25, 0.3) is 0 Å². The number of aryl methyl sites for hydroxylation is 1. The van der Waals surface area contributed by atoms with Gasteiger partial charge in [0.2, 0.25) is 0 Å². The summed E-state index contributed by atoms with van der Waals surface area (Å²) in [5.74, 6) is 0.528. The molecule has 1 aromatic carbocycles. The molecule has 0 fully saturated rings. The molecule has 0 aliphatic rings. The number of likely N-dealkylation sites (N-methyl/N-ethyl adjacent to an activating group) is 1. The van der Waals surface area contributed by atoms with Gasteiger partial charge in [-0.05, 0) is 51.1 Å². The van der Waals surface area contributed by atoms with E-state index in [-0.39, 0.29) is 11.9 Å². The van der Waals surface area contributed by atoms with E-state index < -0.39 is 0 Å². The molecule has 0 saturated carbocycles. The molecule has 0 radical (unpaired) electrons. The first kappa shape index (κ1) is 13.0. The molecule has 0 heterocycles. The van der Waals surface area contributed by atoms with Crippen molar-refractivity contribution in [3.63, 3.8) is 0 Å². The number of halogens is 1. The Kier molecular flexibility index (Phi) is 4.74. The molecule has 90 valence electrons. The highest BCUT2D eigenvalue weighted by atomic mass is 19.1. The van der Waals surface area contributed by atoms with E-state index >= 15 is 0 Å². The lowest BCUT2D eigenvalue weighted by Crippen LogP contribution is -2.38. The van der Waals surface area contributed by atoms with Crippen molar-refractivity contribution in [2.24, 2.45) is 0 Å². The summed E-state index contributed by atoms with van der Waals surface area (Å²) in [6, 6.07) is 5.15. The number of rotatable bonds is 5. The Morgan fingerprint density at radius 3 is 2.62 bits per heavy atom. The molecule has 0 aliphatic carbocycles. The van der Waals surface area contributed by atoms with Crippen LogP contribution >= 0.6 is 0 Å². The van der Waals surface area contributed by atoms with Crippen molar-refractivity contribution in [1.82, 2.24) is 5.32 Å². The molecule has 1 N–H and O–H groups in total. The molecule has 0 saturated heterocycles. The summed E-state index contributed by atoms with van der Waals surface area (Å²) >= 11 is 0. The van der Waals surface area contributed by atoms with E-state index in [1.54, 1.807) is 19.1 Å². The molecule has 1 aromatic rings. The lowest BCUT2D eigenvalue weighted by atomic mass is 10.1. The highest BCUT2D eigenvalue weighted by Crippen LogP contribution is 2.18. The molecule has 0 aromatic heterocycles. The van der Waals surface area contributed by atoms with Crippen LogP contribution in [0.3, 0.4) is 0 Å². The minimum Gasteiger partial charge on any atom is -0.489 e. The van der Waals surface area contributed by atoms with Crippen molar-refractivity contribution in [2.75, 3.05) is 7.05 Å². The van der Waals surface area contributed by atoms with Crippen molar-refractivity contribution in [3.8, 4) is 5.75 Å². The molecule has 2 nitrogen and oxygen atoms in total. The van der Waals surface area contributed by atoms with Gasteiger partial charge in [-0.2, -0.15) is 0 Å². The molecule has 2 atom stereocenters. The van der Waals surface area contributed by atoms with Gasteiger partial charge in [0.25, 0.3) is 0 Å². The largest absolute Gasteiger partial charge is 0.489 e. The normalized spacial score (nSPS) is 14.6. The monoisotopic (exact) mass is 225 g/mol. The van der Waals surface area contributed by atoms with Crippen molar-refractivity contribution in [3.05, 3.63) is 29.6 Å². The summed E-state index contributed by atoms with van der Waals surface area (Å²) in [6.07, 6.45) is 1.07. The zero-order valence-corrected chi connectivity index (χ0v) is 10.4. The summed E-state index contributed by atoms with van der Waals surface area (Å²) in [5, 5.41) is 3.20. The maximum atomic E-state index is 13.1. The second kappa shape index (κ2) is 5.85. The van der Waals surface area contributed by atoms with Crippen LogP contribution in [0.15, 0.2) is 18.2 Å². The Balaban J connectivity index is 2.69. The third-order valence-electron chi connectivity index (χ3n) is 2.83. The molecule has 0 bridgehead atoms. The van der Waals surface area contributed by atoms with Gasteiger partial charge in [0, 0.05) is 6.04 Å². The molecule has 3 heteroatoms. The van der Waals surface area contributed by atoms with E-state index in [0.717, 1.165) is 12.2 Å². The van der Waals surface area contributed by atoms with Gasteiger partial charge < -0.3 is 10.1 Å². The van der Waals surface area contributed by atoms with Crippen LogP contribution in [0.1, 0.15) is 25.8 Å². The van der Waals surface area contributed by atoms with Crippen LogP contribution in [0.4, 0.5) is 4.39 Å². The molecular formula is C13H20FNO. The van der Waals surface area contributed by atoms with Gasteiger partial charge in [0.15, 0.2) is 0 Å². The first-order chi connectivity index (χ1) is 7.58. The van der Waals surface area contributed by atoms with Crippen LogP contribution in [-0.2, 0) is 0 Å². The molecule has 16 heavy (non-hydrogen) atoms. The molecular weight excluding hydrogens is 205 g/mol. The fourth-order valence-electron chi connectivity index (χ4n) is 1.76. The Labute approximate surface area is 96.8 Å². The van der Waals surface area contributed by atoms with Crippen molar-refractivity contribution in [1.29, 1.82) is 0 Å². The van der Waals surface area contributed by atoms with Gasteiger partial charge in [-0.1, -0.05) is 6.92 Å². The summed E-state index contributed by atoms with van der Waals surface area (Å²) in [4.78, 5) is 0. The van der Waals surface area contributed by atoms with E-state index in [2.05, 4.69) is 12.2 Å². The second-order valence-electron chi connectivity index (χ2n) is 4.04. The quantitative estimate of drug-likeness (QED) is 0.832. The van der Waals surface area contributed by atoms with Crippen molar-refractivity contribution in [2.45, 2.75) is 39.3 Å². The van der Waals surface area contributed by atoms with E-state index in [1.807, 2.05) is 14.0 Å². The van der Waals surface area contributed by atoms with E-state index in [1.165, 1.54) is 6.07 Å². The van der Waals surface area contributed by atoms with Gasteiger partial charge in [-0.3, -0.25) is 0 Å². The molecule has 0 aliphatic heterocycles. The topological polar surface area (TPSA) is 21.3 Å². The summed E-state index contributed by atoms with van der Waals surface area (Å²) < 4.78 is 18.8. The van der Waals surface area contributed by atoms with Gasteiger partial charge in [0.1, 0.15) is 17.7 Å². The number of ether oxygens (including phenoxy) is 1. The average molecular weight is 225 g/mol. The number of hydrogen-bond acceptors (Lipinski definition) is 2. The van der Waals surface area contributed by atoms with Crippen LogP contribution < -0.4 is 10.1 Å². The lowest BCUT2D eigenvalue weighted by molar-refractivity contribution is 0.171. The zero-order valence-electron chi connectivity index (χ0n) is 10.4. The first-order valence-corrected chi connectivity index (χ1v) is 5.68. The van der Waals surface area contributed by atoms with E-state index in [9.17, 15) is 4.39 Å². The van der Waals surface area contributed by atoms with Crippen LogP contribution in [-0.4, -0.2) is 19.2 Å². The van der Waals surface area contributed by atoms with Crippen LogP contribution in [0, 0.1) is 12.7 Å². The van der Waals surface area contributed by atoms with Gasteiger partial charge in [-0.15, -0.1) is 0 Å². The smallest absolute Gasteiger partial charge is 0.126 e. The van der Waals surface area contributed by atoms with Crippen molar-refractivity contribution < 1.29 is 9.13 Å². The standard InChI is InChI=1S/C13H20FNO/c1-5-13(15-4)10(3)16-11-6-7-12(14)9(2)8-11/h6-8,10,13,15H,5H2,1-4H3. The maximum Gasteiger partial charge on any atom is 0.126 e. The molecule has 0 spiro atoms. The van der Waals surface area contributed by atoms with E-state index in [4.69, 9.17) is 4.74 Å². The van der Waals surface area contributed by atoms with Gasteiger partial charge in [0.05, 0.1) is 0 Å². The first-order valence-electron chi connectivity index (χ1n) is 5.68.